The fourth-order valence-electron chi connectivity index (χ4n) is 3.32. The van der Waals surface area contributed by atoms with Crippen LogP contribution in [-0.2, 0) is 25.0 Å². The van der Waals surface area contributed by atoms with Gasteiger partial charge in [0.05, 0.1) is 42.6 Å². The highest BCUT2D eigenvalue weighted by Gasteiger charge is 2.09. The van der Waals surface area contributed by atoms with E-state index in [4.69, 9.17) is 9.47 Å². The predicted molar refractivity (Wildman–Crippen MR) is 118 cm³/mol. The minimum Gasteiger partial charge on any atom is -0.487 e. The van der Waals surface area contributed by atoms with Crippen molar-refractivity contribution in [2.75, 3.05) is 7.11 Å². The molecule has 5 rings (SSSR count). The van der Waals surface area contributed by atoms with Gasteiger partial charge < -0.3 is 9.47 Å². The Labute approximate surface area is 187 Å². The van der Waals surface area contributed by atoms with Gasteiger partial charge in [0.15, 0.2) is 0 Å². The first-order valence-corrected chi connectivity index (χ1v) is 10.1. The Morgan fingerprint density at radius 3 is 2.73 bits per heavy atom. The Hall–Kier alpha value is -4.38. The zero-order chi connectivity index (χ0) is 22.8. The standard InChI is InChI=1S/C22H20N8O3/c1-28-12-18(10-24-28)29-6-5-22(31)21(26-29)14-33-19-3-4-20-15(8-19)7-17(9-23-20)30-11-16(13-32-2)25-27-30/h3-12H,13-14H2,1-2H3. The molecule has 166 valence electrons. The monoisotopic (exact) mass is 444 g/mol. The molecule has 0 spiro atoms. The number of aromatic nitrogens is 8. The van der Waals surface area contributed by atoms with Crippen LogP contribution < -0.4 is 10.2 Å². The number of methoxy groups -OCH3 is 1. The summed E-state index contributed by atoms with van der Waals surface area (Å²) in [6.07, 6.45) is 8.60. The van der Waals surface area contributed by atoms with Crippen LogP contribution in [0.1, 0.15) is 11.4 Å². The van der Waals surface area contributed by atoms with Crippen molar-refractivity contribution in [3.8, 4) is 17.1 Å². The molecule has 0 saturated heterocycles. The molecule has 11 heteroatoms. The van der Waals surface area contributed by atoms with Crippen molar-refractivity contribution in [3.63, 3.8) is 0 Å². The number of rotatable bonds is 7. The predicted octanol–water partition coefficient (Wildman–Crippen LogP) is 1.82. The SMILES string of the molecule is COCc1cn(-c2cnc3ccc(OCc4nn(-c5cnn(C)c5)ccc4=O)cc3c2)nn1. The summed E-state index contributed by atoms with van der Waals surface area (Å²) in [5, 5.41) is 17.6. The van der Waals surface area contributed by atoms with Gasteiger partial charge in [0, 0.05) is 31.8 Å². The Bertz CT molecular complexity index is 1490. The van der Waals surface area contributed by atoms with Gasteiger partial charge in [-0.15, -0.1) is 5.10 Å². The van der Waals surface area contributed by atoms with Crippen LogP contribution in [0, 0.1) is 0 Å². The molecular formula is C22H20N8O3. The van der Waals surface area contributed by atoms with E-state index in [-0.39, 0.29) is 12.0 Å². The number of hydrogen-bond donors (Lipinski definition) is 0. The van der Waals surface area contributed by atoms with Gasteiger partial charge in [-0.1, -0.05) is 5.21 Å². The summed E-state index contributed by atoms with van der Waals surface area (Å²) in [6.45, 7) is 0.414. The van der Waals surface area contributed by atoms with Gasteiger partial charge in [0.2, 0.25) is 5.43 Å². The molecule has 0 fully saturated rings. The van der Waals surface area contributed by atoms with Gasteiger partial charge in [-0.3, -0.25) is 14.5 Å². The number of aryl methyl sites for hydroxylation is 1. The quantitative estimate of drug-likeness (QED) is 0.373. The summed E-state index contributed by atoms with van der Waals surface area (Å²) >= 11 is 0. The summed E-state index contributed by atoms with van der Waals surface area (Å²) in [6, 6.07) is 8.94. The molecule has 0 saturated carbocycles. The highest BCUT2D eigenvalue weighted by Crippen LogP contribution is 2.22. The van der Waals surface area contributed by atoms with Gasteiger partial charge in [-0.2, -0.15) is 10.2 Å². The van der Waals surface area contributed by atoms with E-state index in [0.29, 0.717) is 18.1 Å². The molecule has 0 aliphatic carbocycles. The van der Waals surface area contributed by atoms with E-state index in [2.05, 4.69) is 25.5 Å². The van der Waals surface area contributed by atoms with Gasteiger partial charge >= 0.3 is 0 Å². The second kappa shape index (κ2) is 8.63. The van der Waals surface area contributed by atoms with E-state index in [1.54, 1.807) is 45.9 Å². The molecule has 0 bridgehead atoms. The Morgan fingerprint density at radius 2 is 1.91 bits per heavy atom. The van der Waals surface area contributed by atoms with Crippen LogP contribution in [0.4, 0.5) is 0 Å². The Balaban J connectivity index is 1.37. The number of pyridine rings is 1. The molecule has 1 aromatic carbocycles. The number of hydrogen-bond acceptors (Lipinski definition) is 8. The van der Waals surface area contributed by atoms with Crippen molar-refractivity contribution < 1.29 is 9.47 Å². The average molecular weight is 444 g/mol. The summed E-state index contributed by atoms with van der Waals surface area (Å²) < 4.78 is 15.9. The summed E-state index contributed by atoms with van der Waals surface area (Å²) in [5.74, 6) is 0.595. The van der Waals surface area contributed by atoms with Crippen LogP contribution in [0.15, 0.2) is 66.1 Å². The van der Waals surface area contributed by atoms with Gasteiger partial charge in [0.25, 0.3) is 0 Å². The number of nitrogens with zero attached hydrogens (tertiary/aromatic N) is 8. The Morgan fingerprint density at radius 1 is 1.00 bits per heavy atom. The fourth-order valence-corrected chi connectivity index (χ4v) is 3.32. The maximum atomic E-state index is 12.3. The fraction of sp³-hybridized carbons (Fsp3) is 0.182. The van der Waals surface area contributed by atoms with E-state index < -0.39 is 0 Å². The van der Waals surface area contributed by atoms with E-state index in [9.17, 15) is 4.79 Å². The number of ether oxygens (including phenoxy) is 2. The van der Waals surface area contributed by atoms with Crippen molar-refractivity contribution in [2.45, 2.75) is 13.2 Å². The second-order valence-corrected chi connectivity index (χ2v) is 7.37. The molecule has 0 radical (unpaired) electrons. The number of fused-ring (bicyclic) bond motifs is 1. The van der Waals surface area contributed by atoms with Crippen molar-refractivity contribution in [3.05, 3.63) is 82.9 Å². The van der Waals surface area contributed by atoms with Crippen LogP contribution in [0.5, 0.6) is 5.75 Å². The highest BCUT2D eigenvalue weighted by atomic mass is 16.5. The lowest BCUT2D eigenvalue weighted by atomic mass is 10.2. The normalized spacial score (nSPS) is 11.2. The van der Waals surface area contributed by atoms with E-state index >= 15 is 0 Å². The average Bonchev–Trinajstić information content (AvgIpc) is 3.47. The molecular weight excluding hydrogens is 424 g/mol. The third-order valence-electron chi connectivity index (χ3n) is 4.95. The molecule has 4 heterocycles. The molecule has 0 aliphatic heterocycles. The molecule has 5 aromatic rings. The van der Waals surface area contributed by atoms with Gasteiger partial charge in [-0.25, -0.2) is 9.36 Å². The molecule has 0 unspecified atom stereocenters. The van der Waals surface area contributed by atoms with Crippen molar-refractivity contribution in [1.29, 1.82) is 0 Å². The minimum absolute atomic E-state index is 0.0298. The molecule has 33 heavy (non-hydrogen) atoms. The lowest BCUT2D eigenvalue weighted by Gasteiger charge is -2.09. The minimum atomic E-state index is -0.196. The first-order valence-electron chi connectivity index (χ1n) is 10.1. The van der Waals surface area contributed by atoms with E-state index in [0.717, 1.165) is 28.0 Å². The summed E-state index contributed by atoms with van der Waals surface area (Å²) in [7, 11) is 3.43. The molecule has 0 atom stereocenters. The van der Waals surface area contributed by atoms with Crippen LogP contribution in [0.2, 0.25) is 0 Å². The smallest absolute Gasteiger partial charge is 0.206 e. The zero-order valence-electron chi connectivity index (χ0n) is 18.0. The van der Waals surface area contributed by atoms with Crippen molar-refractivity contribution in [2.24, 2.45) is 7.05 Å². The van der Waals surface area contributed by atoms with Crippen LogP contribution in [0.25, 0.3) is 22.3 Å². The lowest BCUT2D eigenvalue weighted by molar-refractivity contribution is 0.181. The molecule has 11 nitrogen and oxygen atoms in total. The van der Waals surface area contributed by atoms with Gasteiger partial charge in [-0.05, 0) is 24.3 Å². The largest absolute Gasteiger partial charge is 0.487 e. The third-order valence-corrected chi connectivity index (χ3v) is 4.95. The maximum Gasteiger partial charge on any atom is 0.206 e. The Kier molecular flexibility index (Phi) is 5.37. The lowest BCUT2D eigenvalue weighted by Crippen LogP contribution is -2.17. The summed E-state index contributed by atoms with van der Waals surface area (Å²) in [4.78, 5) is 16.8. The number of benzene rings is 1. The summed E-state index contributed by atoms with van der Waals surface area (Å²) in [5.41, 5.74) is 3.14. The van der Waals surface area contributed by atoms with E-state index in [1.807, 2.05) is 37.5 Å². The topological polar surface area (TPSA) is 115 Å². The first-order chi connectivity index (χ1) is 16.1. The third kappa shape index (κ3) is 4.34. The zero-order valence-corrected chi connectivity index (χ0v) is 18.0. The van der Waals surface area contributed by atoms with Crippen LogP contribution >= 0.6 is 0 Å². The van der Waals surface area contributed by atoms with Crippen molar-refractivity contribution >= 4 is 10.9 Å². The van der Waals surface area contributed by atoms with E-state index in [1.165, 1.54) is 6.07 Å². The maximum absolute atomic E-state index is 12.3. The van der Waals surface area contributed by atoms with Crippen LogP contribution in [-0.4, -0.2) is 46.6 Å². The van der Waals surface area contributed by atoms with Gasteiger partial charge in [0.1, 0.15) is 29.4 Å². The second-order valence-electron chi connectivity index (χ2n) is 7.37. The first kappa shape index (κ1) is 20.5. The molecule has 0 N–H and O–H groups in total. The molecule has 4 aromatic heterocycles. The van der Waals surface area contributed by atoms with Crippen molar-refractivity contribution in [1.82, 2.24) is 39.5 Å². The molecule has 0 amide bonds. The molecule has 0 aliphatic rings. The highest BCUT2D eigenvalue weighted by molar-refractivity contribution is 5.81. The van der Waals surface area contributed by atoms with Crippen LogP contribution in [0.3, 0.4) is 0 Å².